The van der Waals surface area contributed by atoms with E-state index in [4.69, 9.17) is 0 Å². The van der Waals surface area contributed by atoms with Gasteiger partial charge >= 0.3 is 0 Å². The molecule has 0 bridgehead atoms. The molecule has 2 rings (SSSR count). The van der Waals surface area contributed by atoms with Crippen molar-refractivity contribution in [3.05, 3.63) is 0 Å². The van der Waals surface area contributed by atoms with Crippen molar-refractivity contribution in [2.24, 2.45) is 17.3 Å². The summed E-state index contributed by atoms with van der Waals surface area (Å²) in [7, 11) is 0. The molecule has 1 heterocycles. The third-order valence-electron chi connectivity index (χ3n) is 5.97. The lowest BCUT2D eigenvalue weighted by Gasteiger charge is -2.46. The van der Waals surface area contributed by atoms with E-state index in [1.165, 1.54) is 12.8 Å². The first-order valence-corrected chi connectivity index (χ1v) is 8.29. The molecule has 2 fully saturated rings. The van der Waals surface area contributed by atoms with Gasteiger partial charge in [0.05, 0.1) is 18.1 Å². The van der Waals surface area contributed by atoms with E-state index < -0.39 is 0 Å². The maximum Gasteiger partial charge on any atom is 0.0672 e. The monoisotopic (exact) mass is 278 g/mol. The summed E-state index contributed by atoms with van der Waals surface area (Å²) >= 11 is 0. The van der Waals surface area contributed by atoms with Gasteiger partial charge in [-0.2, -0.15) is 5.26 Å². The molecular weight excluding hydrogens is 248 g/mol. The molecule has 1 N–H and O–H groups in total. The third-order valence-corrected chi connectivity index (χ3v) is 5.97. The minimum Gasteiger partial charge on any atom is -0.393 e. The summed E-state index contributed by atoms with van der Waals surface area (Å²) in [6, 6.07) is 2.96. The summed E-state index contributed by atoms with van der Waals surface area (Å²) in [5.74, 6) is 0.920. The van der Waals surface area contributed by atoms with Crippen LogP contribution in [0.1, 0.15) is 59.3 Å². The summed E-state index contributed by atoms with van der Waals surface area (Å²) in [6.45, 7) is 8.96. The van der Waals surface area contributed by atoms with Crippen LogP contribution in [-0.2, 0) is 0 Å². The second-order valence-electron chi connectivity index (χ2n) is 7.42. The third kappa shape index (κ3) is 3.35. The average molecular weight is 278 g/mol. The first kappa shape index (κ1) is 15.8. The van der Waals surface area contributed by atoms with Gasteiger partial charge in [-0.25, -0.2) is 0 Å². The van der Waals surface area contributed by atoms with Gasteiger partial charge in [0.25, 0.3) is 0 Å². The second-order valence-corrected chi connectivity index (χ2v) is 7.42. The summed E-state index contributed by atoms with van der Waals surface area (Å²) < 4.78 is 0. The molecule has 1 saturated carbocycles. The van der Waals surface area contributed by atoms with Crippen LogP contribution in [0.25, 0.3) is 0 Å². The maximum atomic E-state index is 9.68. The highest BCUT2D eigenvalue weighted by Crippen LogP contribution is 2.43. The Kier molecular flexibility index (Phi) is 5.09. The van der Waals surface area contributed by atoms with Crippen molar-refractivity contribution in [3.8, 4) is 6.07 Å². The molecule has 2 aliphatic rings. The highest BCUT2D eigenvalue weighted by atomic mass is 16.3. The van der Waals surface area contributed by atoms with E-state index in [9.17, 15) is 10.4 Å². The number of aliphatic hydroxyl groups excluding tert-OH is 1. The Balaban J connectivity index is 2.05. The summed E-state index contributed by atoms with van der Waals surface area (Å²) in [5, 5.41) is 19.1. The summed E-state index contributed by atoms with van der Waals surface area (Å²) in [4.78, 5) is 2.48. The van der Waals surface area contributed by atoms with Gasteiger partial charge in [-0.3, -0.25) is 4.90 Å². The fraction of sp³-hybridized carbons (Fsp3) is 0.941. The van der Waals surface area contributed by atoms with Crippen molar-refractivity contribution in [2.45, 2.75) is 71.4 Å². The van der Waals surface area contributed by atoms with Gasteiger partial charge in [-0.1, -0.05) is 27.2 Å². The first-order valence-electron chi connectivity index (χ1n) is 8.29. The second kappa shape index (κ2) is 6.45. The first-order chi connectivity index (χ1) is 9.47. The van der Waals surface area contributed by atoms with E-state index in [0.29, 0.717) is 11.5 Å². The van der Waals surface area contributed by atoms with Crippen LogP contribution in [0.15, 0.2) is 0 Å². The van der Waals surface area contributed by atoms with Gasteiger partial charge in [-0.15, -0.1) is 0 Å². The van der Waals surface area contributed by atoms with Crippen molar-refractivity contribution in [1.29, 1.82) is 5.26 Å². The van der Waals surface area contributed by atoms with Crippen LogP contribution < -0.4 is 0 Å². The van der Waals surface area contributed by atoms with Gasteiger partial charge in [0.2, 0.25) is 0 Å². The topological polar surface area (TPSA) is 47.3 Å². The normalized spacial score (nSPS) is 33.9. The van der Waals surface area contributed by atoms with E-state index in [1.54, 1.807) is 0 Å². The molecule has 0 aromatic carbocycles. The molecule has 0 aromatic rings. The quantitative estimate of drug-likeness (QED) is 0.862. The fourth-order valence-corrected chi connectivity index (χ4v) is 3.92. The molecule has 3 atom stereocenters. The fourth-order valence-electron chi connectivity index (χ4n) is 3.92. The molecular formula is C17H30N2O. The molecule has 3 heteroatoms. The van der Waals surface area contributed by atoms with E-state index in [1.807, 2.05) is 0 Å². The van der Waals surface area contributed by atoms with Crippen molar-refractivity contribution in [1.82, 2.24) is 4.90 Å². The predicted molar refractivity (Wildman–Crippen MR) is 81.1 cm³/mol. The molecule has 1 aliphatic carbocycles. The maximum absolute atomic E-state index is 9.68. The minimum absolute atomic E-state index is 0.127. The van der Waals surface area contributed by atoms with Gasteiger partial charge in [0.1, 0.15) is 0 Å². The zero-order valence-electron chi connectivity index (χ0n) is 13.3. The number of nitrogens with zero attached hydrogens (tertiary/aromatic N) is 2. The van der Waals surface area contributed by atoms with Crippen molar-refractivity contribution in [3.63, 3.8) is 0 Å². The summed E-state index contributed by atoms with van der Waals surface area (Å²) in [5.41, 5.74) is 0.383. The van der Waals surface area contributed by atoms with Crippen molar-refractivity contribution < 1.29 is 5.11 Å². The molecule has 3 unspecified atom stereocenters. The van der Waals surface area contributed by atoms with Crippen LogP contribution in [-0.4, -0.2) is 35.2 Å². The Bertz CT molecular complexity index is 352. The van der Waals surface area contributed by atoms with Gasteiger partial charge in [-0.05, 0) is 43.4 Å². The zero-order valence-corrected chi connectivity index (χ0v) is 13.3. The highest BCUT2D eigenvalue weighted by Gasteiger charge is 2.40. The molecule has 0 aromatic heterocycles. The van der Waals surface area contributed by atoms with Crippen LogP contribution >= 0.6 is 0 Å². The van der Waals surface area contributed by atoms with E-state index in [-0.39, 0.29) is 12.0 Å². The zero-order chi connectivity index (χ0) is 14.8. The Morgan fingerprint density at radius 3 is 2.40 bits per heavy atom. The van der Waals surface area contributed by atoms with E-state index in [0.717, 1.165) is 44.7 Å². The van der Waals surface area contributed by atoms with Crippen molar-refractivity contribution in [2.75, 3.05) is 13.1 Å². The molecule has 0 amide bonds. The standard InChI is InChI=1S/C17H30N2O/c1-4-17(2,3)14-6-5-13(12-18)16(11-14)19-9-7-15(20)8-10-19/h13-16,20H,4-11H2,1-3H3. The number of hydrogen-bond donors (Lipinski definition) is 1. The molecule has 1 aliphatic heterocycles. The van der Waals surface area contributed by atoms with Crippen molar-refractivity contribution >= 4 is 0 Å². The van der Waals surface area contributed by atoms with Crippen LogP contribution in [0, 0.1) is 28.6 Å². The van der Waals surface area contributed by atoms with E-state index in [2.05, 4.69) is 31.7 Å². The van der Waals surface area contributed by atoms with Gasteiger partial charge in [0.15, 0.2) is 0 Å². The minimum atomic E-state index is -0.127. The lowest BCUT2D eigenvalue weighted by molar-refractivity contribution is 0.0113. The number of rotatable bonds is 3. The summed E-state index contributed by atoms with van der Waals surface area (Å²) in [6.07, 6.45) is 6.24. The van der Waals surface area contributed by atoms with Gasteiger partial charge < -0.3 is 5.11 Å². The smallest absolute Gasteiger partial charge is 0.0672 e. The van der Waals surface area contributed by atoms with Crippen LogP contribution in [0.3, 0.4) is 0 Å². The molecule has 1 saturated heterocycles. The Labute approximate surface area is 124 Å². The lowest BCUT2D eigenvalue weighted by Crippen LogP contribution is -2.49. The number of nitriles is 1. The highest BCUT2D eigenvalue weighted by molar-refractivity contribution is 5.00. The SMILES string of the molecule is CCC(C)(C)C1CCC(C#N)C(N2CCC(O)CC2)C1. The lowest BCUT2D eigenvalue weighted by atomic mass is 9.65. The molecule has 3 nitrogen and oxygen atoms in total. The van der Waals surface area contributed by atoms with Crippen LogP contribution in [0.5, 0.6) is 0 Å². The Hall–Kier alpha value is -0.590. The number of hydrogen-bond acceptors (Lipinski definition) is 3. The van der Waals surface area contributed by atoms with Crippen LogP contribution in [0.4, 0.5) is 0 Å². The van der Waals surface area contributed by atoms with Gasteiger partial charge in [0, 0.05) is 19.1 Å². The Morgan fingerprint density at radius 1 is 1.20 bits per heavy atom. The molecule has 114 valence electrons. The molecule has 20 heavy (non-hydrogen) atoms. The number of aliphatic hydroxyl groups is 1. The Morgan fingerprint density at radius 2 is 1.85 bits per heavy atom. The number of likely N-dealkylation sites (tertiary alicyclic amines) is 1. The largest absolute Gasteiger partial charge is 0.393 e. The average Bonchev–Trinajstić information content (AvgIpc) is 2.47. The predicted octanol–water partition coefficient (Wildman–Crippen LogP) is 3.19. The van der Waals surface area contributed by atoms with E-state index >= 15 is 0 Å². The number of piperidine rings is 1. The molecule has 0 radical (unpaired) electrons. The molecule has 0 spiro atoms. The van der Waals surface area contributed by atoms with Crippen LogP contribution in [0.2, 0.25) is 0 Å².